The maximum Gasteiger partial charge on any atom is 0.0163 e. The van der Waals surface area contributed by atoms with Gasteiger partial charge in [-0.1, -0.05) is 49.4 Å². The van der Waals surface area contributed by atoms with Gasteiger partial charge in [0, 0.05) is 6.54 Å². The van der Waals surface area contributed by atoms with Crippen molar-refractivity contribution in [1.29, 1.82) is 0 Å². The number of hydrogen-bond donors (Lipinski definition) is 0. The molecule has 1 heteroatoms. The van der Waals surface area contributed by atoms with Gasteiger partial charge in [-0.3, -0.25) is 0 Å². The third kappa shape index (κ3) is 3.90. The standard InChI is InChI=1S/C12H17N/c1-3-13(2)11-7-10-12-8-5-4-6-9-12/h4-10H,3,11H2,1-2H3/b10-7+. The summed E-state index contributed by atoms with van der Waals surface area (Å²) in [5, 5.41) is 0. The summed E-state index contributed by atoms with van der Waals surface area (Å²) in [7, 11) is 2.12. The second-order valence-electron chi connectivity index (χ2n) is 3.17. The van der Waals surface area contributed by atoms with E-state index >= 15 is 0 Å². The number of hydrogen-bond acceptors (Lipinski definition) is 1. The molecule has 0 spiro atoms. The molecule has 1 aromatic carbocycles. The molecule has 0 unspecified atom stereocenters. The summed E-state index contributed by atoms with van der Waals surface area (Å²) in [4.78, 5) is 2.26. The van der Waals surface area contributed by atoms with Gasteiger partial charge in [0.15, 0.2) is 0 Å². The number of nitrogens with zero attached hydrogens (tertiary/aromatic N) is 1. The number of likely N-dealkylation sites (N-methyl/N-ethyl adjacent to an activating group) is 1. The fraction of sp³-hybridized carbons (Fsp3) is 0.333. The molecule has 13 heavy (non-hydrogen) atoms. The van der Waals surface area contributed by atoms with E-state index in [0.717, 1.165) is 13.1 Å². The Kier molecular flexibility index (Phi) is 4.27. The molecule has 0 amide bonds. The van der Waals surface area contributed by atoms with Crippen LogP contribution in [0.15, 0.2) is 36.4 Å². The zero-order valence-electron chi connectivity index (χ0n) is 8.40. The van der Waals surface area contributed by atoms with Crippen molar-refractivity contribution < 1.29 is 0 Å². The van der Waals surface area contributed by atoms with E-state index in [9.17, 15) is 0 Å². The van der Waals surface area contributed by atoms with Gasteiger partial charge >= 0.3 is 0 Å². The predicted molar refractivity (Wildman–Crippen MR) is 58.6 cm³/mol. The van der Waals surface area contributed by atoms with Crippen LogP contribution < -0.4 is 0 Å². The maximum atomic E-state index is 2.26. The van der Waals surface area contributed by atoms with E-state index in [2.05, 4.69) is 55.3 Å². The molecule has 0 fully saturated rings. The van der Waals surface area contributed by atoms with Gasteiger partial charge in [0.1, 0.15) is 0 Å². The van der Waals surface area contributed by atoms with Gasteiger partial charge in [-0.25, -0.2) is 0 Å². The molecule has 70 valence electrons. The molecular formula is C12H17N. The van der Waals surface area contributed by atoms with Gasteiger partial charge in [-0.05, 0) is 19.2 Å². The Morgan fingerprint density at radius 2 is 1.92 bits per heavy atom. The van der Waals surface area contributed by atoms with Crippen LogP contribution in [0.1, 0.15) is 12.5 Å². The first-order chi connectivity index (χ1) is 6.33. The monoisotopic (exact) mass is 175 g/mol. The lowest BCUT2D eigenvalue weighted by molar-refractivity contribution is 0.393. The SMILES string of the molecule is CCN(C)C/C=C/c1ccccc1. The van der Waals surface area contributed by atoms with Crippen LogP contribution in [0.2, 0.25) is 0 Å². The molecule has 1 aromatic rings. The molecule has 0 aliphatic carbocycles. The van der Waals surface area contributed by atoms with Crippen LogP contribution in [0.5, 0.6) is 0 Å². The van der Waals surface area contributed by atoms with Crippen LogP contribution in [-0.4, -0.2) is 25.0 Å². The summed E-state index contributed by atoms with van der Waals surface area (Å²) >= 11 is 0. The highest BCUT2D eigenvalue weighted by molar-refractivity contribution is 5.48. The lowest BCUT2D eigenvalue weighted by Gasteiger charge is -2.09. The van der Waals surface area contributed by atoms with E-state index in [1.165, 1.54) is 5.56 Å². The largest absolute Gasteiger partial charge is 0.303 e. The quantitative estimate of drug-likeness (QED) is 0.680. The third-order valence-electron chi connectivity index (χ3n) is 2.07. The molecule has 0 saturated carbocycles. The Labute approximate surface area is 80.7 Å². The van der Waals surface area contributed by atoms with E-state index in [1.807, 2.05) is 6.07 Å². The Morgan fingerprint density at radius 1 is 1.23 bits per heavy atom. The van der Waals surface area contributed by atoms with E-state index < -0.39 is 0 Å². The van der Waals surface area contributed by atoms with E-state index in [4.69, 9.17) is 0 Å². The number of benzene rings is 1. The van der Waals surface area contributed by atoms with Gasteiger partial charge in [0.2, 0.25) is 0 Å². The average molecular weight is 175 g/mol. The van der Waals surface area contributed by atoms with E-state index in [1.54, 1.807) is 0 Å². The zero-order chi connectivity index (χ0) is 9.52. The zero-order valence-corrected chi connectivity index (χ0v) is 8.40. The van der Waals surface area contributed by atoms with Crippen molar-refractivity contribution >= 4 is 6.08 Å². The predicted octanol–water partition coefficient (Wildman–Crippen LogP) is 2.65. The molecule has 1 nitrogen and oxygen atoms in total. The van der Waals surface area contributed by atoms with E-state index in [-0.39, 0.29) is 0 Å². The first-order valence-corrected chi connectivity index (χ1v) is 4.73. The van der Waals surface area contributed by atoms with Crippen molar-refractivity contribution in [3.05, 3.63) is 42.0 Å². The minimum Gasteiger partial charge on any atom is -0.303 e. The molecule has 0 aromatic heterocycles. The molecule has 0 N–H and O–H groups in total. The normalized spacial score (nSPS) is 11.3. The Morgan fingerprint density at radius 3 is 2.54 bits per heavy atom. The van der Waals surface area contributed by atoms with Gasteiger partial charge < -0.3 is 4.90 Å². The average Bonchev–Trinajstić information content (AvgIpc) is 2.19. The van der Waals surface area contributed by atoms with Crippen LogP contribution >= 0.6 is 0 Å². The molecule has 0 heterocycles. The van der Waals surface area contributed by atoms with Crippen LogP contribution in [0.25, 0.3) is 6.08 Å². The molecule has 0 saturated heterocycles. The molecule has 0 atom stereocenters. The van der Waals surface area contributed by atoms with Crippen LogP contribution in [-0.2, 0) is 0 Å². The van der Waals surface area contributed by atoms with E-state index in [0.29, 0.717) is 0 Å². The fourth-order valence-corrected chi connectivity index (χ4v) is 1.06. The lowest BCUT2D eigenvalue weighted by atomic mass is 10.2. The van der Waals surface area contributed by atoms with Gasteiger partial charge in [-0.15, -0.1) is 0 Å². The van der Waals surface area contributed by atoms with Crippen molar-refractivity contribution in [1.82, 2.24) is 4.90 Å². The summed E-state index contributed by atoms with van der Waals surface area (Å²) in [6.45, 7) is 4.28. The highest BCUT2D eigenvalue weighted by atomic mass is 15.1. The molecule has 0 aliphatic rings. The minimum absolute atomic E-state index is 1.02. The maximum absolute atomic E-state index is 2.26. The third-order valence-corrected chi connectivity index (χ3v) is 2.07. The highest BCUT2D eigenvalue weighted by Crippen LogP contribution is 2.00. The second kappa shape index (κ2) is 5.55. The first kappa shape index (κ1) is 10.0. The molecule has 0 radical (unpaired) electrons. The van der Waals surface area contributed by atoms with Crippen LogP contribution in [0, 0.1) is 0 Å². The number of rotatable bonds is 4. The topological polar surface area (TPSA) is 3.24 Å². The molecule has 0 aliphatic heterocycles. The molecular weight excluding hydrogens is 158 g/mol. The Bertz CT molecular complexity index is 251. The summed E-state index contributed by atoms with van der Waals surface area (Å²) in [5.74, 6) is 0. The van der Waals surface area contributed by atoms with Gasteiger partial charge in [0.25, 0.3) is 0 Å². The Hall–Kier alpha value is -1.08. The van der Waals surface area contributed by atoms with Gasteiger partial charge in [-0.2, -0.15) is 0 Å². The fourth-order valence-electron chi connectivity index (χ4n) is 1.06. The molecule has 0 bridgehead atoms. The summed E-state index contributed by atoms with van der Waals surface area (Å²) in [5.41, 5.74) is 1.27. The van der Waals surface area contributed by atoms with Crippen molar-refractivity contribution in [2.75, 3.05) is 20.1 Å². The van der Waals surface area contributed by atoms with Crippen LogP contribution in [0.3, 0.4) is 0 Å². The first-order valence-electron chi connectivity index (χ1n) is 4.73. The summed E-state index contributed by atoms with van der Waals surface area (Å²) < 4.78 is 0. The minimum atomic E-state index is 1.02. The van der Waals surface area contributed by atoms with Gasteiger partial charge in [0.05, 0.1) is 0 Å². The molecule has 1 rings (SSSR count). The highest BCUT2D eigenvalue weighted by Gasteiger charge is 1.88. The Balaban J connectivity index is 2.41. The lowest BCUT2D eigenvalue weighted by Crippen LogP contribution is -2.16. The smallest absolute Gasteiger partial charge is 0.0163 e. The summed E-state index contributed by atoms with van der Waals surface area (Å²) in [6, 6.07) is 10.4. The van der Waals surface area contributed by atoms with Crippen molar-refractivity contribution in [3.63, 3.8) is 0 Å². The van der Waals surface area contributed by atoms with Crippen molar-refractivity contribution in [2.24, 2.45) is 0 Å². The van der Waals surface area contributed by atoms with Crippen molar-refractivity contribution in [3.8, 4) is 0 Å². The summed E-state index contributed by atoms with van der Waals surface area (Å²) in [6.07, 6.45) is 4.35. The van der Waals surface area contributed by atoms with Crippen molar-refractivity contribution in [2.45, 2.75) is 6.92 Å². The second-order valence-corrected chi connectivity index (χ2v) is 3.17. The van der Waals surface area contributed by atoms with Crippen LogP contribution in [0.4, 0.5) is 0 Å².